The molecule has 1 saturated heterocycles. The van der Waals surface area contributed by atoms with Gasteiger partial charge in [0.2, 0.25) is 0 Å². The van der Waals surface area contributed by atoms with Gasteiger partial charge in [0.15, 0.2) is 0 Å². The van der Waals surface area contributed by atoms with Crippen LogP contribution in [0.3, 0.4) is 0 Å². The first kappa shape index (κ1) is 9.22. The summed E-state index contributed by atoms with van der Waals surface area (Å²) in [6.45, 7) is 8.46. The van der Waals surface area contributed by atoms with Gasteiger partial charge in [-0.15, -0.1) is 0 Å². The number of ether oxygens (including phenoxy) is 2. The summed E-state index contributed by atoms with van der Waals surface area (Å²) < 4.78 is 12.0. The first-order valence-corrected chi connectivity index (χ1v) is 5.39. The lowest BCUT2D eigenvalue weighted by Crippen LogP contribution is -2.49. The molecule has 3 rings (SSSR count). The van der Waals surface area contributed by atoms with E-state index in [0.29, 0.717) is 0 Å². The van der Waals surface area contributed by atoms with Crippen LogP contribution < -0.4 is 4.74 Å². The Morgan fingerprint density at radius 3 is 2.40 bits per heavy atom. The molecule has 2 heterocycles. The maximum absolute atomic E-state index is 6.02. The summed E-state index contributed by atoms with van der Waals surface area (Å²) >= 11 is 0. The van der Waals surface area contributed by atoms with Gasteiger partial charge in [-0.05, 0) is 33.8 Å². The first-order valence-electron chi connectivity index (χ1n) is 5.39. The highest BCUT2D eigenvalue weighted by Crippen LogP contribution is 2.65. The number of fused-ring (bicyclic) bond motifs is 3. The molecule has 1 aromatic carbocycles. The summed E-state index contributed by atoms with van der Waals surface area (Å²) in [5.74, 6) is 0.958. The number of hydrogen-bond donors (Lipinski definition) is 0. The third-order valence-electron chi connectivity index (χ3n) is 4.19. The largest absolute Gasteiger partial charge is 0.484 e. The lowest BCUT2D eigenvalue weighted by Gasteiger charge is -2.37. The molecule has 0 aromatic heterocycles. The summed E-state index contributed by atoms with van der Waals surface area (Å²) in [7, 11) is 0. The van der Waals surface area contributed by atoms with Gasteiger partial charge in [0.05, 0.1) is 0 Å². The molecule has 0 amide bonds. The quantitative estimate of drug-likeness (QED) is 0.606. The average Bonchev–Trinajstić information content (AvgIpc) is 2.73. The van der Waals surface area contributed by atoms with Crippen molar-refractivity contribution in [3.05, 3.63) is 29.8 Å². The predicted molar refractivity (Wildman–Crippen MR) is 58.0 cm³/mol. The summed E-state index contributed by atoms with van der Waals surface area (Å²) in [6.07, 6.45) is 0. The van der Waals surface area contributed by atoms with Crippen LogP contribution in [0.25, 0.3) is 0 Å². The van der Waals surface area contributed by atoms with Gasteiger partial charge in [-0.3, -0.25) is 0 Å². The van der Waals surface area contributed by atoms with E-state index in [0.717, 1.165) is 5.75 Å². The first-order chi connectivity index (χ1) is 6.91. The topological polar surface area (TPSA) is 21.8 Å². The van der Waals surface area contributed by atoms with Crippen molar-refractivity contribution in [3.8, 4) is 5.75 Å². The molecule has 2 aliphatic rings. The lowest BCUT2D eigenvalue weighted by molar-refractivity contribution is 0.0226. The fourth-order valence-corrected chi connectivity index (χ4v) is 2.71. The van der Waals surface area contributed by atoms with Crippen molar-refractivity contribution in [1.82, 2.24) is 0 Å². The summed E-state index contributed by atoms with van der Waals surface area (Å²) in [4.78, 5) is 0. The van der Waals surface area contributed by atoms with Gasteiger partial charge < -0.3 is 9.47 Å². The number of benzene rings is 1. The molecule has 2 aliphatic heterocycles. The highest BCUT2D eigenvalue weighted by atomic mass is 16.7. The lowest BCUT2D eigenvalue weighted by atomic mass is 9.76. The van der Waals surface area contributed by atoms with Crippen LogP contribution in [-0.4, -0.2) is 11.2 Å². The van der Waals surface area contributed by atoms with Gasteiger partial charge in [-0.25, -0.2) is 0 Å². The van der Waals surface area contributed by atoms with Crippen LogP contribution in [0, 0.1) is 0 Å². The van der Waals surface area contributed by atoms with E-state index in [-0.39, 0.29) is 16.8 Å². The highest BCUT2D eigenvalue weighted by Gasteiger charge is 2.75. The SMILES string of the molecule is CC1(C)Oc2ccccc2[C@@]2(C)O[C@]12C. The van der Waals surface area contributed by atoms with Crippen LogP contribution in [0.4, 0.5) is 0 Å². The molecule has 0 unspecified atom stereocenters. The van der Waals surface area contributed by atoms with Crippen LogP contribution in [0.15, 0.2) is 24.3 Å². The van der Waals surface area contributed by atoms with E-state index in [1.165, 1.54) is 5.56 Å². The Balaban J connectivity index is 2.23. The predicted octanol–water partition coefficient (Wildman–Crippen LogP) is 2.86. The average molecular weight is 204 g/mol. The van der Waals surface area contributed by atoms with E-state index < -0.39 is 0 Å². The van der Waals surface area contributed by atoms with Crippen molar-refractivity contribution in [1.29, 1.82) is 0 Å². The molecule has 0 saturated carbocycles. The monoisotopic (exact) mass is 204 g/mol. The van der Waals surface area contributed by atoms with Crippen molar-refractivity contribution in [2.75, 3.05) is 0 Å². The summed E-state index contributed by atoms with van der Waals surface area (Å²) in [6, 6.07) is 8.15. The number of hydrogen-bond acceptors (Lipinski definition) is 2. The normalized spacial score (nSPS) is 40.0. The third kappa shape index (κ3) is 0.847. The Hall–Kier alpha value is -1.02. The highest BCUT2D eigenvalue weighted by molar-refractivity contribution is 5.48. The van der Waals surface area contributed by atoms with Crippen molar-refractivity contribution in [2.24, 2.45) is 0 Å². The fraction of sp³-hybridized carbons (Fsp3) is 0.538. The molecule has 2 heteroatoms. The molecule has 15 heavy (non-hydrogen) atoms. The van der Waals surface area contributed by atoms with Gasteiger partial charge in [0, 0.05) is 5.56 Å². The maximum atomic E-state index is 6.02. The zero-order chi connectivity index (χ0) is 10.9. The second-order valence-electron chi connectivity index (χ2n) is 5.28. The summed E-state index contributed by atoms with van der Waals surface area (Å²) in [5.41, 5.74) is 0.530. The minimum absolute atomic E-state index is 0.175. The molecular formula is C13H16O2. The van der Waals surface area contributed by atoms with E-state index in [4.69, 9.17) is 9.47 Å². The van der Waals surface area contributed by atoms with Crippen molar-refractivity contribution >= 4 is 0 Å². The van der Waals surface area contributed by atoms with Gasteiger partial charge in [-0.1, -0.05) is 18.2 Å². The Morgan fingerprint density at radius 1 is 1.00 bits per heavy atom. The zero-order valence-corrected chi connectivity index (χ0v) is 9.63. The number of para-hydroxylation sites is 1. The second-order valence-corrected chi connectivity index (χ2v) is 5.28. The maximum Gasteiger partial charge on any atom is 0.138 e. The molecule has 80 valence electrons. The van der Waals surface area contributed by atoms with Crippen LogP contribution >= 0.6 is 0 Å². The Morgan fingerprint density at radius 2 is 1.67 bits per heavy atom. The van der Waals surface area contributed by atoms with Crippen LogP contribution in [0.5, 0.6) is 5.75 Å². The number of epoxide rings is 1. The molecule has 0 N–H and O–H groups in total. The van der Waals surface area contributed by atoms with Crippen LogP contribution in [-0.2, 0) is 10.3 Å². The third-order valence-corrected chi connectivity index (χ3v) is 4.19. The van der Waals surface area contributed by atoms with E-state index in [1.807, 2.05) is 18.2 Å². The molecule has 2 nitrogen and oxygen atoms in total. The smallest absolute Gasteiger partial charge is 0.138 e. The fourth-order valence-electron chi connectivity index (χ4n) is 2.71. The van der Waals surface area contributed by atoms with Gasteiger partial charge in [0.25, 0.3) is 0 Å². The van der Waals surface area contributed by atoms with Gasteiger partial charge in [0.1, 0.15) is 22.6 Å². The molecule has 0 aliphatic carbocycles. The van der Waals surface area contributed by atoms with E-state index in [1.54, 1.807) is 0 Å². The van der Waals surface area contributed by atoms with Crippen molar-refractivity contribution in [3.63, 3.8) is 0 Å². The zero-order valence-electron chi connectivity index (χ0n) is 9.63. The minimum atomic E-state index is -0.268. The standard InChI is InChI=1S/C13H16O2/c1-11(2)13(4)12(3,15-13)9-7-5-6-8-10(9)14-11/h5-8H,1-4H3/t12-,13-/m1/s1. The molecular weight excluding hydrogens is 188 g/mol. The van der Waals surface area contributed by atoms with E-state index in [9.17, 15) is 0 Å². The van der Waals surface area contributed by atoms with Crippen LogP contribution in [0.2, 0.25) is 0 Å². The molecule has 1 fully saturated rings. The number of rotatable bonds is 0. The van der Waals surface area contributed by atoms with Crippen molar-refractivity contribution in [2.45, 2.75) is 44.5 Å². The second kappa shape index (κ2) is 2.22. The molecule has 2 atom stereocenters. The molecule has 0 spiro atoms. The van der Waals surface area contributed by atoms with E-state index in [2.05, 4.69) is 33.8 Å². The van der Waals surface area contributed by atoms with Crippen molar-refractivity contribution < 1.29 is 9.47 Å². The Labute approximate surface area is 90.2 Å². The Kier molecular flexibility index (Phi) is 1.36. The molecule has 0 radical (unpaired) electrons. The molecule has 1 aromatic rings. The molecule has 0 bridgehead atoms. The van der Waals surface area contributed by atoms with Gasteiger partial charge in [-0.2, -0.15) is 0 Å². The minimum Gasteiger partial charge on any atom is -0.484 e. The van der Waals surface area contributed by atoms with Crippen LogP contribution in [0.1, 0.15) is 33.3 Å². The van der Waals surface area contributed by atoms with Gasteiger partial charge >= 0.3 is 0 Å². The van der Waals surface area contributed by atoms with E-state index >= 15 is 0 Å². The summed E-state index contributed by atoms with van der Waals surface area (Å²) in [5, 5.41) is 0. The Bertz CT molecular complexity index is 438.